The maximum Gasteiger partial charge on any atom is 2.00 e. The molecule has 382 valence electrons. The molecular weight excluding hydrogens is 1320 g/mol. The molecule has 4 heterocycles. The molecule has 6 nitrogen and oxygen atoms in total. The molecular formula is C69H49FN6Pt2. The number of anilines is 6. The summed E-state index contributed by atoms with van der Waals surface area (Å²) in [6.45, 7) is 9.82. The molecule has 0 bridgehead atoms. The van der Waals surface area contributed by atoms with Gasteiger partial charge in [-0.3, -0.25) is 0 Å². The monoisotopic (exact) mass is 1370 g/mol. The summed E-state index contributed by atoms with van der Waals surface area (Å²) in [6.07, 6.45) is 12.8. The molecule has 0 aliphatic heterocycles. The van der Waals surface area contributed by atoms with Gasteiger partial charge in [0, 0.05) is 36.2 Å². The number of nitrogens with zero attached hydrogens (tertiary/aromatic N) is 6. The molecule has 11 aromatic rings. The first-order chi connectivity index (χ1) is 37.4. The van der Waals surface area contributed by atoms with Crippen molar-refractivity contribution < 1.29 is 46.5 Å². The smallest absolute Gasteiger partial charge is 0.346 e. The van der Waals surface area contributed by atoms with Gasteiger partial charge >= 0.3 is 42.1 Å². The molecule has 0 saturated heterocycles. The Morgan fingerprint density at radius 1 is 0.423 bits per heavy atom. The van der Waals surface area contributed by atoms with Crippen LogP contribution in [0.25, 0.3) is 61.7 Å². The fraction of sp³-hybridized carbons (Fsp3) is 0.0145. The van der Waals surface area contributed by atoms with Crippen molar-refractivity contribution in [2.45, 2.75) is 6.92 Å². The molecule has 4 aromatic heterocycles. The average Bonchev–Trinajstić information content (AvgIpc) is 3.49. The van der Waals surface area contributed by atoms with E-state index in [0.29, 0.717) is 0 Å². The van der Waals surface area contributed by atoms with Gasteiger partial charge in [-0.1, -0.05) is 116 Å². The van der Waals surface area contributed by atoms with Crippen molar-refractivity contribution >= 4 is 39.7 Å². The van der Waals surface area contributed by atoms with E-state index in [2.05, 4.69) is 106 Å². The van der Waals surface area contributed by atoms with Crippen molar-refractivity contribution in [1.29, 1.82) is 0 Å². The summed E-state index contributed by atoms with van der Waals surface area (Å²) in [4.78, 5) is 22.5. The van der Waals surface area contributed by atoms with Crippen LogP contribution in [0.5, 0.6) is 0 Å². The van der Waals surface area contributed by atoms with Crippen LogP contribution in [0.4, 0.5) is 38.5 Å². The van der Waals surface area contributed by atoms with E-state index in [4.69, 9.17) is 4.98 Å². The molecule has 9 heteroatoms. The molecule has 0 aliphatic carbocycles. The largest absolute Gasteiger partial charge is 2.00 e. The Morgan fingerprint density at radius 3 is 1.40 bits per heavy atom. The maximum atomic E-state index is 13.7. The summed E-state index contributed by atoms with van der Waals surface area (Å²) in [5, 5.41) is 0. The van der Waals surface area contributed by atoms with Crippen LogP contribution in [0.1, 0.15) is 11.1 Å². The van der Waals surface area contributed by atoms with Crippen LogP contribution >= 0.6 is 0 Å². The summed E-state index contributed by atoms with van der Waals surface area (Å²) in [7, 11) is 0. The number of halogens is 1. The van der Waals surface area contributed by atoms with Gasteiger partial charge in [0.15, 0.2) is 0 Å². The zero-order chi connectivity index (χ0) is 52.1. The molecule has 78 heavy (non-hydrogen) atoms. The van der Waals surface area contributed by atoms with Crippen molar-refractivity contribution in [1.82, 2.24) is 19.9 Å². The second-order valence-electron chi connectivity index (χ2n) is 17.5. The van der Waals surface area contributed by atoms with Gasteiger partial charge < -0.3 is 29.7 Å². The Bertz CT molecular complexity index is 3800. The van der Waals surface area contributed by atoms with Crippen molar-refractivity contribution in [3.63, 3.8) is 0 Å². The summed E-state index contributed by atoms with van der Waals surface area (Å²) < 4.78 is 13.7. The van der Waals surface area contributed by atoms with E-state index >= 15 is 0 Å². The van der Waals surface area contributed by atoms with Gasteiger partial charge in [0.1, 0.15) is 5.82 Å². The van der Waals surface area contributed by atoms with Crippen LogP contribution in [0, 0.1) is 37.0 Å². The Labute approximate surface area is 485 Å². The van der Waals surface area contributed by atoms with Crippen molar-refractivity contribution in [3.8, 4) is 56.2 Å². The fourth-order valence-corrected chi connectivity index (χ4v) is 8.69. The number of rotatable bonds is 14. The molecule has 7 aromatic carbocycles. The number of allylic oxidation sites excluding steroid dienone is 4. The van der Waals surface area contributed by atoms with Gasteiger partial charge in [0.2, 0.25) is 0 Å². The van der Waals surface area contributed by atoms with Gasteiger partial charge in [-0.15, -0.1) is 119 Å². The number of aryl methyl sites for hydroxylation is 1. The van der Waals surface area contributed by atoms with Gasteiger partial charge in [-0.2, -0.15) is 0 Å². The third kappa shape index (κ3) is 13.4. The van der Waals surface area contributed by atoms with Crippen LogP contribution in [0.15, 0.2) is 268 Å². The molecule has 0 spiro atoms. The minimum Gasteiger partial charge on any atom is -0.346 e. The Balaban J connectivity index is 0.000000207. The predicted octanol–water partition coefficient (Wildman–Crippen LogP) is 17.6. The van der Waals surface area contributed by atoms with Gasteiger partial charge in [-0.05, 0) is 135 Å². The quantitative estimate of drug-likeness (QED) is 0.0799. The van der Waals surface area contributed by atoms with E-state index in [-0.39, 0.29) is 47.9 Å². The molecule has 0 fully saturated rings. The normalized spacial score (nSPS) is 10.7. The van der Waals surface area contributed by atoms with E-state index in [9.17, 15) is 4.39 Å². The first kappa shape index (κ1) is 55.5. The second kappa shape index (κ2) is 26.8. The zero-order valence-electron chi connectivity index (χ0n) is 42.4. The first-order valence-electron chi connectivity index (χ1n) is 24.7. The van der Waals surface area contributed by atoms with E-state index in [1.54, 1.807) is 30.6 Å². The number of para-hydroxylation sites is 1. The summed E-state index contributed by atoms with van der Waals surface area (Å²) in [5.41, 5.74) is 17.5. The van der Waals surface area contributed by atoms with E-state index in [1.807, 2.05) is 176 Å². The van der Waals surface area contributed by atoms with Gasteiger partial charge in [0.05, 0.1) is 0 Å². The number of pyridine rings is 4. The van der Waals surface area contributed by atoms with Crippen LogP contribution in [-0.4, -0.2) is 19.9 Å². The number of hydrogen-bond donors (Lipinski definition) is 0. The van der Waals surface area contributed by atoms with Crippen molar-refractivity contribution in [2.75, 3.05) is 9.80 Å². The summed E-state index contributed by atoms with van der Waals surface area (Å²) in [5.74, 6) is -0.286. The standard InChI is InChI=1S/C40H29N3.C29H20FN3.2Pt/c1-3-13-30(4-2)32-22-24-41-39(28-32)34-16-11-20-37(26-34)43(36-18-9-6-10-19-36)38-21-12-17-35(27-38)40-29-33(23-25-42-40)31-14-7-5-8-15-31;1-21-15-17-32-29(18-21)23-7-5-9-27(20-23)33(25-13-11-24(30)12-14-25)26-8-4-6-22(19-26)28-10-2-3-16-31-28;;/h3-25,28-29H,1-2H2;2-18H,1H3;;/q2*-2;2*+2/b30-13+;;;. The predicted molar refractivity (Wildman–Crippen MR) is 309 cm³/mol. The van der Waals surface area contributed by atoms with Crippen LogP contribution in [0.2, 0.25) is 0 Å². The number of aromatic nitrogens is 4. The maximum absolute atomic E-state index is 13.7. The van der Waals surface area contributed by atoms with Gasteiger partial charge in [0.25, 0.3) is 0 Å². The molecule has 0 amide bonds. The molecule has 0 N–H and O–H groups in total. The SMILES string of the molecule is C=C/C=C(\C=C)c1ccnc(-c2[c-]c(N(c3[c-]c(-c4cc(-c5ccccc5)ccn4)ccc3)c3ccccc3)ccc2)c1.Cc1ccnc(-c2[c-]c(N(c3[c-]c(-c4ccccn4)ccc3)c3ccc(F)cc3)ccc2)c1.[Pt+2].[Pt+2]. The molecule has 0 radical (unpaired) electrons. The molecule has 0 saturated carbocycles. The topological polar surface area (TPSA) is 58.0 Å². The molecule has 0 unspecified atom stereocenters. The summed E-state index contributed by atoms with van der Waals surface area (Å²) in [6, 6.07) is 83.4. The van der Waals surface area contributed by atoms with E-state index in [0.717, 1.165) is 107 Å². The average molecular weight is 1370 g/mol. The Hall–Kier alpha value is -8.73. The third-order valence-electron chi connectivity index (χ3n) is 12.3. The first-order valence-corrected chi connectivity index (χ1v) is 24.7. The zero-order valence-corrected chi connectivity index (χ0v) is 46.9. The van der Waals surface area contributed by atoms with Gasteiger partial charge in [-0.25, -0.2) is 4.39 Å². The van der Waals surface area contributed by atoms with Crippen LogP contribution in [0.3, 0.4) is 0 Å². The van der Waals surface area contributed by atoms with Crippen molar-refractivity contribution in [3.05, 3.63) is 310 Å². The molecule has 11 rings (SSSR count). The Morgan fingerprint density at radius 2 is 0.885 bits per heavy atom. The Kier molecular flexibility index (Phi) is 19.1. The molecule has 0 aliphatic rings. The van der Waals surface area contributed by atoms with E-state index < -0.39 is 0 Å². The minimum absolute atomic E-state index is 0. The van der Waals surface area contributed by atoms with Crippen LogP contribution in [-0.2, 0) is 42.1 Å². The summed E-state index contributed by atoms with van der Waals surface area (Å²) >= 11 is 0. The number of hydrogen-bond acceptors (Lipinski definition) is 6. The van der Waals surface area contributed by atoms with Crippen LogP contribution < -0.4 is 9.80 Å². The number of benzene rings is 7. The minimum atomic E-state index is -0.286. The van der Waals surface area contributed by atoms with E-state index in [1.165, 1.54) is 12.1 Å². The second-order valence-corrected chi connectivity index (χ2v) is 17.5. The third-order valence-corrected chi connectivity index (χ3v) is 12.3. The molecule has 0 atom stereocenters. The fourth-order valence-electron chi connectivity index (χ4n) is 8.69. The van der Waals surface area contributed by atoms with Crippen molar-refractivity contribution in [2.24, 2.45) is 0 Å².